The molecule has 0 bridgehead atoms. The standard InChI is InChI=1S/C21H21ClFN3O4S/c1-12(2)26(4)31(28,29)15-10-8-14(9-11-15)24-21(27)18-13(3)30-25-20(18)19-16(22)6-5-7-17(19)23/h5-12H,1-4H3,(H,24,27). The van der Waals surface area contributed by atoms with Gasteiger partial charge in [0.25, 0.3) is 5.91 Å². The van der Waals surface area contributed by atoms with Crippen LogP contribution in [0.25, 0.3) is 11.3 Å². The van der Waals surface area contributed by atoms with E-state index in [0.29, 0.717) is 5.69 Å². The number of halogens is 2. The van der Waals surface area contributed by atoms with Crippen LogP contribution in [0.4, 0.5) is 10.1 Å². The normalized spacial score (nSPS) is 11.9. The molecular weight excluding hydrogens is 445 g/mol. The third-order valence-electron chi connectivity index (χ3n) is 4.81. The largest absolute Gasteiger partial charge is 0.360 e. The third-order valence-corrected chi connectivity index (χ3v) is 7.17. The zero-order chi connectivity index (χ0) is 22.9. The maximum atomic E-state index is 14.3. The van der Waals surface area contributed by atoms with Crippen LogP contribution < -0.4 is 5.32 Å². The molecule has 164 valence electrons. The zero-order valence-electron chi connectivity index (χ0n) is 17.3. The quantitative estimate of drug-likeness (QED) is 0.568. The molecule has 0 fully saturated rings. The highest BCUT2D eigenvalue weighted by Gasteiger charge is 2.26. The zero-order valence-corrected chi connectivity index (χ0v) is 18.9. The molecule has 7 nitrogen and oxygen atoms in total. The highest BCUT2D eigenvalue weighted by atomic mass is 35.5. The Balaban J connectivity index is 1.90. The Labute approximate surface area is 184 Å². The molecule has 0 aliphatic rings. The average Bonchev–Trinajstić information content (AvgIpc) is 3.08. The summed E-state index contributed by atoms with van der Waals surface area (Å²) in [6.45, 7) is 5.07. The van der Waals surface area contributed by atoms with Gasteiger partial charge in [0.15, 0.2) is 0 Å². The first kappa shape index (κ1) is 22.9. The maximum absolute atomic E-state index is 14.3. The average molecular weight is 466 g/mol. The fourth-order valence-electron chi connectivity index (χ4n) is 2.88. The molecule has 1 amide bonds. The van der Waals surface area contributed by atoms with Gasteiger partial charge in [-0.15, -0.1) is 0 Å². The Morgan fingerprint density at radius 3 is 2.42 bits per heavy atom. The Bertz CT molecular complexity index is 1200. The summed E-state index contributed by atoms with van der Waals surface area (Å²) in [4.78, 5) is 13.0. The molecular formula is C21H21ClFN3O4S. The summed E-state index contributed by atoms with van der Waals surface area (Å²) < 4.78 is 45.8. The number of rotatable bonds is 6. The second-order valence-electron chi connectivity index (χ2n) is 7.15. The topological polar surface area (TPSA) is 92.5 Å². The van der Waals surface area contributed by atoms with Crippen molar-refractivity contribution < 1.29 is 22.1 Å². The molecule has 2 aromatic carbocycles. The fraction of sp³-hybridized carbons (Fsp3) is 0.238. The molecule has 0 aliphatic heterocycles. The number of hydrogen-bond acceptors (Lipinski definition) is 5. The van der Waals surface area contributed by atoms with Crippen molar-refractivity contribution >= 4 is 33.2 Å². The summed E-state index contributed by atoms with van der Waals surface area (Å²) in [5.74, 6) is -1.05. The predicted octanol–water partition coefficient (Wildman–Crippen LogP) is 4.72. The fourth-order valence-corrected chi connectivity index (χ4v) is 4.50. The minimum Gasteiger partial charge on any atom is -0.360 e. The van der Waals surface area contributed by atoms with Crippen molar-refractivity contribution in [2.45, 2.75) is 31.7 Å². The minimum atomic E-state index is -3.65. The van der Waals surface area contributed by atoms with E-state index < -0.39 is 21.7 Å². The van der Waals surface area contributed by atoms with Gasteiger partial charge in [-0.25, -0.2) is 12.8 Å². The molecule has 1 aromatic heterocycles. The monoisotopic (exact) mass is 465 g/mol. The second-order valence-corrected chi connectivity index (χ2v) is 9.56. The molecule has 3 rings (SSSR count). The van der Waals surface area contributed by atoms with E-state index in [0.717, 1.165) is 0 Å². The Morgan fingerprint density at radius 2 is 1.84 bits per heavy atom. The summed E-state index contributed by atoms with van der Waals surface area (Å²) in [5.41, 5.74) is 0.325. The minimum absolute atomic E-state index is 0.0177. The van der Waals surface area contributed by atoms with Crippen molar-refractivity contribution in [3.8, 4) is 11.3 Å². The van der Waals surface area contributed by atoms with Gasteiger partial charge in [-0.3, -0.25) is 4.79 Å². The first-order valence-electron chi connectivity index (χ1n) is 9.34. The first-order chi connectivity index (χ1) is 14.5. The van der Waals surface area contributed by atoms with Crippen LogP contribution in [0.5, 0.6) is 0 Å². The lowest BCUT2D eigenvalue weighted by Crippen LogP contribution is -2.33. The van der Waals surface area contributed by atoms with Crippen molar-refractivity contribution in [2.24, 2.45) is 0 Å². The van der Waals surface area contributed by atoms with E-state index in [4.69, 9.17) is 16.1 Å². The van der Waals surface area contributed by atoms with Crippen LogP contribution in [0, 0.1) is 12.7 Å². The Morgan fingerprint density at radius 1 is 1.19 bits per heavy atom. The lowest BCUT2D eigenvalue weighted by atomic mass is 10.0. The number of hydrogen-bond donors (Lipinski definition) is 1. The molecule has 0 radical (unpaired) electrons. The number of anilines is 1. The highest BCUT2D eigenvalue weighted by molar-refractivity contribution is 7.89. The van der Waals surface area contributed by atoms with Gasteiger partial charge in [0.05, 0.1) is 15.5 Å². The van der Waals surface area contributed by atoms with Gasteiger partial charge in [-0.05, 0) is 57.2 Å². The van der Waals surface area contributed by atoms with Crippen molar-refractivity contribution in [3.05, 3.63) is 64.6 Å². The summed E-state index contributed by atoms with van der Waals surface area (Å²) in [6.07, 6.45) is 0. The summed E-state index contributed by atoms with van der Waals surface area (Å²) in [5, 5.41) is 6.55. The maximum Gasteiger partial charge on any atom is 0.261 e. The lowest BCUT2D eigenvalue weighted by Gasteiger charge is -2.21. The molecule has 3 aromatic rings. The van der Waals surface area contributed by atoms with Crippen LogP contribution in [0.2, 0.25) is 5.02 Å². The van der Waals surface area contributed by atoms with Crippen LogP contribution in [0.3, 0.4) is 0 Å². The van der Waals surface area contributed by atoms with Crippen molar-refractivity contribution in [2.75, 3.05) is 12.4 Å². The Kier molecular flexibility index (Phi) is 6.49. The van der Waals surface area contributed by atoms with E-state index in [1.807, 2.05) is 0 Å². The van der Waals surface area contributed by atoms with E-state index in [1.54, 1.807) is 13.8 Å². The van der Waals surface area contributed by atoms with Gasteiger partial charge in [-0.2, -0.15) is 4.31 Å². The molecule has 1 heterocycles. The number of nitrogens with one attached hydrogen (secondary N) is 1. The highest BCUT2D eigenvalue weighted by Crippen LogP contribution is 2.33. The summed E-state index contributed by atoms with van der Waals surface area (Å²) in [6, 6.07) is 9.68. The van der Waals surface area contributed by atoms with E-state index in [1.165, 1.54) is 60.7 Å². The van der Waals surface area contributed by atoms with E-state index in [-0.39, 0.29) is 38.5 Å². The molecule has 0 saturated carbocycles. The van der Waals surface area contributed by atoms with Gasteiger partial charge in [0.2, 0.25) is 10.0 Å². The molecule has 31 heavy (non-hydrogen) atoms. The molecule has 0 unspecified atom stereocenters. The number of amides is 1. The van der Waals surface area contributed by atoms with Gasteiger partial charge in [-0.1, -0.05) is 22.8 Å². The third kappa shape index (κ3) is 4.48. The van der Waals surface area contributed by atoms with Gasteiger partial charge in [0.1, 0.15) is 22.8 Å². The number of nitrogens with zero attached hydrogens (tertiary/aromatic N) is 2. The number of carbonyl (C=O) groups excluding carboxylic acids is 1. The van der Waals surface area contributed by atoms with Crippen LogP contribution in [0.1, 0.15) is 30.0 Å². The molecule has 0 saturated heterocycles. The smallest absolute Gasteiger partial charge is 0.261 e. The lowest BCUT2D eigenvalue weighted by molar-refractivity contribution is 0.102. The molecule has 10 heteroatoms. The Hall–Kier alpha value is -2.75. The van der Waals surface area contributed by atoms with E-state index in [2.05, 4.69) is 10.5 Å². The molecule has 0 aliphatic carbocycles. The van der Waals surface area contributed by atoms with Crippen LogP contribution >= 0.6 is 11.6 Å². The van der Waals surface area contributed by atoms with Crippen molar-refractivity contribution in [1.29, 1.82) is 0 Å². The number of sulfonamides is 1. The number of aromatic nitrogens is 1. The van der Waals surface area contributed by atoms with Crippen molar-refractivity contribution in [1.82, 2.24) is 9.46 Å². The summed E-state index contributed by atoms with van der Waals surface area (Å²) >= 11 is 6.10. The molecule has 0 spiro atoms. The number of carbonyl (C=O) groups is 1. The van der Waals surface area contributed by atoms with Crippen LogP contribution in [-0.2, 0) is 10.0 Å². The molecule has 0 atom stereocenters. The van der Waals surface area contributed by atoms with Gasteiger partial charge >= 0.3 is 0 Å². The van der Waals surface area contributed by atoms with E-state index in [9.17, 15) is 17.6 Å². The SMILES string of the molecule is Cc1onc(-c2c(F)cccc2Cl)c1C(=O)Nc1ccc(S(=O)(=O)N(C)C(C)C)cc1. The van der Waals surface area contributed by atoms with E-state index >= 15 is 0 Å². The summed E-state index contributed by atoms with van der Waals surface area (Å²) in [7, 11) is -2.15. The van der Waals surface area contributed by atoms with Crippen molar-refractivity contribution in [3.63, 3.8) is 0 Å². The van der Waals surface area contributed by atoms with Crippen LogP contribution in [-0.4, -0.2) is 36.9 Å². The predicted molar refractivity (Wildman–Crippen MR) is 116 cm³/mol. The number of benzene rings is 2. The van der Waals surface area contributed by atoms with Crippen LogP contribution in [0.15, 0.2) is 51.9 Å². The van der Waals surface area contributed by atoms with Gasteiger partial charge < -0.3 is 9.84 Å². The number of aryl methyl sites for hydroxylation is 1. The van der Waals surface area contributed by atoms with Gasteiger partial charge in [0, 0.05) is 18.8 Å². The second kappa shape index (κ2) is 8.78. The first-order valence-corrected chi connectivity index (χ1v) is 11.2. The molecule has 1 N–H and O–H groups in total.